The molecule has 3 rings (SSSR count). The molecule has 0 fully saturated rings. The van der Waals surface area contributed by atoms with Crippen LogP contribution in [-0.4, -0.2) is 37.7 Å². The zero-order chi connectivity index (χ0) is 18.0. The number of carbonyl (C=O) groups excluding carboxylic acids is 1. The molecule has 0 atom stereocenters. The number of benzene rings is 2. The third-order valence-electron chi connectivity index (χ3n) is 3.97. The highest BCUT2D eigenvalue weighted by atomic mass is 16.5. The van der Waals surface area contributed by atoms with Crippen LogP contribution >= 0.6 is 0 Å². The number of carboxylic acid groups (broad SMARTS) is 1. The molecule has 1 aliphatic heterocycles. The maximum absolute atomic E-state index is 12.7. The Kier molecular flexibility index (Phi) is 4.43. The molecule has 0 unspecified atom stereocenters. The molecule has 1 amide bonds. The Hall–Kier alpha value is -3.28. The van der Waals surface area contributed by atoms with E-state index in [-0.39, 0.29) is 12.5 Å². The van der Waals surface area contributed by atoms with Crippen LogP contribution in [0.5, 0.6) is 11.5 Å². The van der Waals surface area contributed by atoms with Gasteiger partial charge in [0.2, 0.25) is 0 Å². The zero-order valence-electron chi connectivity index (χ0n) is 13.9. The predicted molar refractivity (Wildman–Crippen MR) is 93.8 cm³/mol. The van der Waals surface area contributed by atoms with Crippen molar-refractivity contribution in [2.75, 3.05) is 25.7 Å². The van der Waals surface area contributed by atoms with Crippen molar-refractivity contribution in [3.63, 3.8) is 0 Å². The minimum absolute atomic E-state index is 0.335. The summed E-state index contributed by atoms with van der Waals surface area (Å²) in [6.07, 6.45) is 1.73. The number of hydrogen-bond acceptors (Lipinski definition) is 4. The number of hydrogen-bond donors (Lipinski definition) is 1. The molecular weight excluding hydrogens is 322 g/mol. The first-order chi connectivity index (χ1) is 12.0. The standard InChI is InChI=1S/C19H17NO5/c1-24-16-8-7-12(10-17(16)25-2)9-14-13-5-3-4-6-15(13)20(19(14)23)11-18(21)22/h3-10H,11H2,1-2H3,(H,21,22). The largest absolute Gasteiger partial charge is 0.493 e. The molecule has 0 saturated heterocycles. The Labute approximate surface area is 144 Å². The van der Waals surface area contributed by atoms with E-state index in [1.165, 1.54) is 4.90 Å². The lowest BCUT2D eigenvalue weighted by molar-refractivity contribution is -0.136. The van der Waals surface area contributed by atoms with E-state index in [2.05, 4.69) is 0 Å². The van der Waals surface area contributed by atoms with Crippen LogP contribution < -0.4 is 14.4 Å². The van der Waals surface area contributed by atoms with Crippen LogP contribution in [-0.2, 0) is 9.59 Å². The molecule has 25 heavy (non-hydrogen) atoms. The van der Waals surface area contributed by atoms with E-state index in [4.69, 9.17) is 14.6 Å². The van der Waals surface area contributed by atoms with E-state index in [9.17, 15) is 9.59 Å². The molecule has 2 aromatic carbocycles. The Bertz CT molecular complexity index is 872. The second-order valence-corrected chi connectivity index (χ2v) is 5.47. The van der Waals surface area contributed by atoms with Crippen LogP contribution in [0.1, 0.15) is 11.1 Å². The summed E-state index contributed by atoms with van der Waals surface area (Å²) in [5.74, 6) is -0.248. The number of amides is 1. The SMILES string of the molecule is COc1ccc(C=C2C(=O)N(CC(=O)O)c3ccccc32)cc1OC. The van der Waals surface area contributed by atoms with Gasteiger partial charge in [0.25, 0.3) is 5.91 Å². The molecule has 128 valence electrons. The third kappa shape index (κ3) is 3.06. The zero-order valence-corrected chi connectivity index (χ0v) is 13.9. The number of anilines is 1. The molecule has 0 aromatic heterocycles. The van der Waals surface area contributed by atoms with Crippen LogP contribution in [0.25, 0.3) is 11.6 Å². The highest BCUT2D eigenvalue weighted by Gasteiger charge is 2.33. The average Bonchev–Trinajstić information content (AvgIpc) is 2.87. The Balaban J connectivity index is 2.06. The molecule has 1 N–H and O–H groups in total. The highest BCUT2D eigenvalue weighted by molar-refractivity contribution is 6.36. The van der Waals surface area contributed by atoms with Gasteiger partial charge in [0.15, 0.2) is 11.5 Å². The second-order valence-electron chi connectivity index (χ2n) is 5.47. The van der Waals surface area contributed by atoms with Gasteiger partial charge in [-0.25, -0.2) is 0 Å². The smallest absolute Gasteiger partial charge is 0.323 e. The van der Waals surface area contributed by atoms with Gasteiger partial charge in [0.1, 0.15) is 6.54 Å². The van der Waals surface area contributed by atoms with Crippen molar-refractivity contribution < 1.29 is 24.2 Å². The normalized spacial score (nSPS) is 14.6. The van der Waals surface area contributed by atoms with Crippen molar-refractivity contribution in [1.82, 2.24) is 0 Å². The number of fused-ring (bicyclic) bond motifs is 1. The summed E-state index contributed by atoms with van der Waals surface area (Å²) >= 11 is 0. The molecule has 6 heteroatoms. The fourth-order valence-corrected chi connectivity index (χ4v) is 2.85. The Morgan fingerprint density at radius 1 is 1.12 bits per heavy atom. The second kappa shape index (κ2) is 6.68. The number of para-hydroxylation sites is 1. The average molecular weight is 339 g/mol. The van der Waals surface area contributed by atoms with E-state index in [1.54, 1.807) is 44.6 Å². The summed E-state index contributed by atoms with van der Waals surface area (Å²) in [6, 6.07) is 12.5. The number of methoxy groups -OCH3 is 2. The van der Waals surface area contributed by atoms with E-state index in [1.807, 2.05) is 18.2 Å². The van der Waals surface area contributed by atoms with Crippen LogP contribution in [0.4, 0.5) is 5.69 Å². The Morgan fingerprint density at radius 2 is 1.84 bits per heavy atom. The lowest BCUT2D eigenvalue weighted by atomic mass is 10.0. The number of aliphatic carboxylic acids is 1. The van der Waals surface area contributed by atoms with Crippen LogP contribution in [0, 0.1) is 0 Å². The predicted octanol–water partition coefficient (Wildman–Crippen LogP) is 2.68. The summed E-state index contributed by atoms with van der Waals surface area (Å²) in [6.45, 7) is -0.376. The lowest BCUT2D eigenvalue weighted by Gasteiger charge is -2.13. The molecule has 2 aromatic rings. The number of rotatable bonds is 5. The van der Waals surface area contributed by atoms with E-state index in [0.717, 1.165) is 5.56 Å². The summed E-state index contributed by atoms with van der Waals surface area (Å²) in [5.41, 5.74) is 2.52. The van der Waals surface area contributed by atoms with Gasteiger partial charge in [-0.15, -0.1) is 0 Å². The fraction of sp³-hybridized carbons (Fsp3) is 0.158. The monoisotopic (exact) mass is 339 g/mol. The van der Waals surface area contributed by atoms with Gasteiger partial charge in [-0.1, -0.05) is 24.3 Å². The maximum atomic E-state index is 12.7. The summed E-state index contributed by atoms with van der Waals surface area (Å²) in [5, 5.41) is 9.08. The number of ether oxygens (including phenoxy) is 2. The van der Waals surface area contributed by atoms with Gasteiger partial charge in [-0.05, 0) is 29.8 Å². The molecule has 0 bridgehead atoms. The molecule has 1 heterocycles. The van der Waals surface area contributed by atoms with Crippen molar-refractivity contribution in [2.24, 2.45) is 0 Å². The van der Waals surface area contributed by atoms with Crippen molar-refractivity contribution in [2.45, 2.75) is 0 Å². The molecule has 6 nitrogen and oxygen atoms in total. The van der Waals surface area contributed by atoms with Crippen LogP contribution in [0.15, 0.2) is 42.5 Å². The maximum Gasteiger partial charge on any atom is 0.323 e. The molecule has 1 aliphatic rings. The van der Waals surface area contributed by atoms with E-state index < -0.39 is 5.97 Å². The van der Waals surface area contributed by atoms with E-state index >= 15 is 0 Å². The van der Waals surface area contributed by atoms with Crippen molar-refractivity contribution in [3.05, 3.63) is 53.6 Å². The molecule has 0 radical (unpaired) electrons. The first-order valence-corrected chi connectivity index (χ1v) is 7.62. The van der Waals surface area contributed by atoms with Gasteiger partial charge in [0.05, 0.1) is 19.9 Å². The topological polar surface area (TPSA) is 76.1 Å². The summed E-state index contributed by atoms with van der Waals surface area (Å²) < 4.78 is 10.5. The summed E-state index contributed by atoms with van der Waals surface area (Å²) in [7, 11) is 3.09. The van der Waals surface area contributed by atoms with Gasteiger partial charge in [0, 0.05) is 11.1 Å². The third-order valence-corrected chi connectivity index (χ3v) is 3.97. The Morgan fingerprint density at radius 3 is 2.52 bits per heavy atom. The quantitative estimate of drug-likeness (QED) is 0.848. The molecular formula is C19H17NO5. The molecule has 0 aliphatic carbocycles. The van der Waals surface area contributed by atoms with E-state index in [0.29, 0.717) is 28.3 Å². The first-order valence-electron chi connectivity index (χ1n) is 7.62. The lowest BCUT2D eigenvalue weighted by Crippen LogP contribution is -2.32. The molecule has 0 spiro atoms. The fourth-order valence-electron chi connectivity index (χ4n) is 2.85. The highest BCUT2D eigenvalue weighted by Crippen LogP contribution is 2.38. The van der Waals surface area contributed by atoms with Crippen LogP contribution in [0.3, 0.4) is 0 Å². The van der Waals surface area contributed by atoms with Crippen molar-refractivity contribution >= 4 is 29.2 Å². The minimum atomic E-state index is -1.06. The van der Waals surface area contributed by atoms with Crippen molar-refractivity contribution in [1.29, 1.82) is 0 Å². The number of carboxylic acids is 1. The molecule has 0 saturated carbocycles. The number of nitrogens with zero attached hydrogens (tertiary/aromatic N) is 1. The van der Waals surface area contributed by atoms with Gasteiger partial charge >= 0.3 is 5.97 Å². The van der Waals surface area contributed by atoms with Gasteiger partial charge < -0.3 is 14.6 Å². The minimum Gasteiger partial charge on any atom is -0.493 e. The number of carbonyl (C=O) groups is 2. The van der Waals surface area contributed by atoms with Crippen molar-refractivity contribution in [3.8, 4) is 11.5 Å². The van der Waals surface area contributed by atoms with Gasteiger partial charge in [-0.2, -0.15) is 0 Å². The summed E-state index contributed by atoms with van der Waals surface area (Å²) in [4.78, 5) is 25.1. The van der Waals surface area contributed by atoms with Crippen LogP contribution in [0.2, 0.25) is 0 Å². The first kappa shape index (κ1) is 16.6. The van der Waals surface area contributed by atoms with Gasteiger partial charge in [-0.3, -0.25) is 14.5 Å².